The maximum atomic E-state index is 11.3. The van der Waals surface area contributed by atoms with Crippen LogP contribution in [0.2, 0.25) is 0 Å². The van der Waals surface area contributed by atoms with E-state index in [9.17, 15) is 8.42 Å². The molecule has 1 aromatic heterocycles. The number of aryl methyl sites for hydroxylation is 1. The molecule has 7 nitrogen and oxygen atoms in total. The van der Waals surface area contributed by atoms with Crippen molar-refractivity contribution in [3.05, 3.63) is 42.4 Å². The number of hydrogen-bond acceptors (Lipinski definition) is 6. The molecule has 2 N–H and O–H groups in total. The van der Waals surface area contributed by atoms with Gasteiger partial charge in [0.25, 0.3) is 0 Å². The third-order valence-electron chi connectivity index (χ3n) is 3.90. The molecule has 0 amide bonds. The number of nitrogens with zero attached hydrogens (tertiary/aromatic N) is 4. The minimum atomic E-state index is -3.64. The molecule has 3 rings (SSSR count). The zero-order chi connectivity index (χ0) is 16.4. The number of sulfonamides is 1. The number of benzene rings is 1. The molecule has 1 aliphatic rings. The van der Waals surface area contributed by atoms with Crippen molar-refractivity contribution >= 4 is 21.5 Å². The molecule has 0 atom stereocenters. The number of nitrogens with two attached hydrogens (primary N) is 1. The summed E-state index contributed by atoms with van der Waals surface area (Å²) in [4.78, 5) is 13.1. The van der Waals surface area contributed by atoms with Crippen molar-refractivity contribution in [3.63, 3.8) is 0 Å². The van der Waals surface area contributed by atoms with Gasteiger partial charge in [0.2, 0.25) is 10.0 Å². The van der Waals surface area contributed by atoms with Gasteiger partial charge < -0.3 is 9.80 Å². The van der Waals surface area contributed by atoms with Crippen LogP contribution in [0.1, 0.15) is 5.82 Å². The van der Waals surface area contributed by atoms with Gasteiger partial charge in [0.1, 0.15) is 11.6 Å². The summed E-state index contributed by atoms with van der Waals surface area (Å²) in [5.41, 5.74) is 0.996. The standard InChI is InChI=1S/C15H19N5O2S/c1-12-17-7-6-15(18-12)20-10-8-19(9-11-20)13-2-4-14(5-3-13)23(16,21)22/h2-7H,8-11H2,1H3,(H2,16,21,22). The summed E-state index contributed by atoms with van der Waals surface area (Å²) < 4.78 is 22.6. The molecule has 2 aromatic rings. The Morgan fingerprint density at radius 3 is 2.17 bits per heavy atom. The Morgan fingerprint density at radius 2 is 1.61 bits per heavy atom. The number of anilines is 2. The van der Waals surface area contributed by atoms with E-state index in [-0.39, 0.29) is 4.90 Å². The van der Waals surface area contributed by atoms with E-state index in [1.807, 2.05) is 13.0 Å². The molecule has 1 saturated heterocycles. The minimum absolute atomic E-state index is 0.136. The first kappa shape index (κ1) is 15.7. The highest BCUT2D eigenvalue weighted by Crippen LogP contribution is 2.20. The molecule has 0 radical (unpaired) electrons. The van der Waals surface area contributed by atoms with Crippen LogP contribution in [0.25, 0.3) is 0 Å². The van der Waals surface area contributed by atoms with E-state index < -0.39 is 10.0 Å². The maximum Gasteiger partial charge on any atom is 0.238 e. The molecule has 1 aliphatic heterocycles. The molecule has 1 fully saturated rings. The normalized spacial score (nSPS) is 15.7. The predicted octanol–water partition coefficient (Wildman–Crippen LogP) is 0.759. The van der Waals surface area contributed by atoms with Crippen molar-refractivity contribution in [3.8, 4) is 0 Å². The van der Waals surface area contributed by atoms with Crippen LogP contribution in [0.4, 0.5) is 11.5 Å². The highest BCUT2D eigenvalue weighted by atomic mass is 32.2. The monoisotopic (exact) mass is 333 g/mol. The van der Waals surface area contributed by atoms with Gasteiger partial charge in [-0.15, -0.1) is 0 Å². The van der Waals surface area contributed by atoms with E-state index >= 15 is 0 Å². The number of hydrogen-bond donors (Lipinski definition) is 1. The van der Waals surface area contributed by atoms with Gasteiger partial charge in [-0.1, -0.05) is 0 Å². The smallest absolute Gasteiger partial charge is 0.238 e. The zero-order valence-electron chi connectivity index (χ0n) is 12.9. The van der Waals surface area contributed by atoms with E-state index in [1.54, 1.807) is 30.5 Å². The Morgan fingerprint density at radius 1 is 1.00 bits per heavy atom. The number of aromatic nitrogens is 2. The molecule has 1 aromatic carbocycles. The molecule has 0 bridgehead atoms. The lowest BCUT2D eigenvalue weighted by Crippen LogP contribution is -2.46. The second-order valence-electron chi connectivity index (χ2n) is 5.48. The van der Waals surface area contributed by atoms with Gasteiger partial charge in [-0.05, 0) is 37.3 Å². The van der Waals surface area contributed by atoms with Crippen molar-refractivity contribution in [2.75, 3.05) is 36.0 Å². The van der Waals surface area contributed by atoms with Gasteiger partial charge in [0.15, 0.2) is 0 Å². The van der Waals surface area contributed by atoms with E-state index in [0.717, 1.165) is 43.5 Å². The summed E-state index contributed by atoms with van der Waals surface area (Å²) in [6.07, 6.45) is 1.77. The SMILES string of the molecule is Cc1nccc(N2CCN(c3ccc(S(N)(=O)=O)cc3)CC2)n1. The van der Waals surface area contributed by atoms with E-state index in [1.165, 1.54) is 0 Å². The van der Waals surface area contributed by atoms with E-state index in [4.69, 9.17) is 5.14 Å². The maximum absolute atomic E-state index is 11.3. The zero-order valence-corrected chi connectivity index (χ0v) is 13.7. The van der Waals surface area contributed by atoms with Crippen LogP contribution in [-0.2, 0) is 10.0 Å². The van der Waals surface area contributed by atoms with Crippen LogP contribution >= 0.6 is 0 Å². The van der Waals surface area contributed by atoms with Crippen LogP contribution in [0.15, 0.2) is 41.4 Å². The topological polar surface area (TPSA) is 92.4 Å². The third-order valence-corrected chi connectivity index (χ3v) is 4.82. The molecule has 0 unspecified atom stereocenters. The lowest BCUT2D eigenvalue weighted by molar-refractivity contribution is 0.597. The third kappa shape index (κ3) is 3.59. The Labute approximate surface area is 135 Å². The second kappa shape index (κ2) is 6.13. The molecular formula is C15H19N5O2S. The number of primary sulfonamides is 1. The van der Waals surface area contributed by atoms with Gasteiger partial charge >= 0.3 is 0 Å². The summed E-state index contributed by atoms with van der Waals surface area (Å²) >= 11 is 0. The summed E-state index contributed by atoms with van der Waals surface area (Å²) in [5.74, 6) is 1.71. The molecule has 0 spiro atoms. The largest absolute Gasteiger partial charge is 0.368 e. The first-order valence-corrected chi connectivity index (χ1v) is 8.90. The van der Waals surface area contributed by atoms with Gasteiger partial charge in [0, 0.05) is 38.1 Å². The number of piperazine rings is 1. The summed E-state index contributed by atoms with van der Waals surface area (Å²) in [6, 6.07) is 8.60. The van der Waals surface area contributed by atoms with Crippen LogP contribution in [-0.4, -0.2) is 44.6 Å². The highest BCUT2D eigenvalue weighted by molar-refractivity contribution is 7.89. The van der Waals surface area contributed by atoms with Gasteiger partial charge in [-0.3, -0.25) is 0 Å². The summed E-state index contributed by atoms with van der Waals surface area (Å²) in [5, 5.41) is 5.12. The quantitative estimate of drug-likeness (QED) is 0.891. The van der Waals surface area contributed by atoms with Crippen LogP contribution in [0.5, 0.6) is 0 Å². The minimum Gasteiger partial charge on any atom is -0.368 e. The first-order chi connectivity index (χ1) is 10.9. The van der Waals surface area contributed by atoms with Crippen molar-refractivity contribution in [2.45, 2.75) is 11.8 Å². The summed E-state index contributed by atoms with van der Waals surface area (Å²) in [6.45, 7) is 5.28. The van der Waals surface area contributed by atoms with Crippen LogP contribution in [0.3, 0.4) is 0 Å². The van der Waals surface area contributed by atoms with Gasteiger partial charge in [0.05, 0.1) is 4.90 Å². The van der Waals surface area contributed by atoms with Crippen molar-refractivity contribution in [1.29, 1.82) is 0 Å². The second-order valence-corrected chi connectivity index (χ2v) is 7.04. The molecule has 0 saturated carbocycles. The fourth-order valence-electron chi connectivity index (χ4n) is 2.66. The Kier molecular flexibility index (Phi) is 4.18. The Balaban J connectivity index is 1.67. The fourth-order valence-corrected chi connectivity index (χ4v) is 3.18. The van der Waals surface area contributed by atoms with E-state index in [0.29, 0.717) is 0 Å². The Bertz CT molecular complexity index is 784. The van der Waals surface area contributed by atoms with Crippen LogP contribution < -0.4 is 14.9 Å². The molecule has 23 heavy (non-hydrogen) atoms. The lowest BCUT2D eigenvalue weighted by atomic mass is 10.2. The van der Waals surface area contributed by atoms with Gasteiger partial charge in [-0.2, -0.15) is 0 Å². The average Bonchev–Trinajstić information content (AvgIpc) is 2.54. The predicted molar refractivity (Wildman–Crippen MR) is 89.0 cm³/mol. The molecule has 0 aliphatic carbocycles. The van der Waals surface area contributed by atoms with Crippen molar-refractivity contribution < 1.29 is 8.42 Å². The average molecular weight is 333 g/mol. The van der Waals surface area contributed by atoms with Crippen LogP contribution in [0, 0.1) is 6.92 Å². The van der Waals surface area contributed by atoms with Gasteiger partial charge in [-0.25, -0.2) is 23.5 Å². The van der Waals surface area contributed by atoms with Crippen molar-refractivity contribution in [2.24, 2.45) is 5.14 Å². The van der Waals surface area contributed by atoms with Crippen molar-refractivity contribution in [1.82, 2.24) is 9.97 Å². The molecule has 2 heterocycles. The fraction of sp³-hybridized carbons (Fsp3) is 0.333. The molecule has 122 valence electrons. The highest BCUT2D eigenvalue weighted by Gasteiger charge is 2.19. The number of rotatable bonds is 3. The van der Waals surface area contributed by atoms with E-state index in [2.05, 4.69) is 19.8 Å². The summed E-state index contributed by atoms with van der Waals surface area (Å²) in [7, 11) is -3.64. The molecular weight excluding hydrogens is 314 g/mol. The Hall–Kier alpha value is -2.19. The lowest BCUT2D eigenvalue weighted by Gasteiger charge is -2.36. The first-order valence-electron chi connectivity index (χ1n) is 7.36. The molecule has 8 heteroatoms.